The minimum absolute atomic E-state index is 0.274. The number of furan rings is 1. The Balaban J connectivity index is 1.64. The average Bonchev–Trinajstić information content (AvgIpc) is 3.06. The number of benzene rings is 1. The van der Waals surface area contributed by atoms with Crippen LogP contribution < -0.4 is 10.1 Å². The summed E-state index contributed by atoms with van der Waals surface area (Å²) < 4.78 is 45.4. The van der Waals surface area contributed by atoms with Crippen molar-refractivity contribution in [1.29, 1.82) is 0 Å². The number of anilines is 1. The van der Waals surface area contributed by atoms with E-state index in [0.717, 1.165) is 5.76 Å². The predicted octanol–water partition coefficient (Wildman–Crippen LogP) is 4.25. The Labute approximate surface area is 135 Å². The Morgan fingerprint density at radius 3 is 2.29 bits per heavy atom. The van der Waals surface area contributed by atoms with Crippen LogP contribution in [0.2, 0.25) is 0 Å². The highest BCUT2D eigenvalue weighted by Gasteiger charge is 2.30. The summed E-state index contributed by atoms with van der Waals surface area (Å²) in [6, 6.07) is 9.11. The third-order valence-corrected chi connectivity index (χ3v) is 3.07. The minimum Gasteiger partial charge on any atom is -0.467 e. The summed E-state index contributed by atoms with van der Waals surface area (Å²) in [6.07, 6.45) is 0.0350. The van der Waals surface area contributed by atoms with Crippen LogP contribution >= 0.6 is 0 Å². The van der Waals surface area contributed by atoms with Crippen LogP contribution in [0.5, 0.6) is 5.75 Å². The number of nitrogens with one attached hydrogen (secondary N) is 1. The molecule has 2 aromatic heterocycles. The van der Waals surface area contributed by atoms with Gasteiger partial charge in [-0.2, -0.15) is 0 Å². The van der Waals surface area contributed by atoms with Gasteiger partial charge < -0.3 is 14.5 Å². The molecule has 124 valence electrons. The van der Waals surface area contributed by atoms with Crippen molar-refractivity contribution in [2.24, 2.45) is 0 Å². The number of aromatic nitrogens is 2. The van der Waals surface area contributed by atoms with Gasteiger partial charge in [0.25, 0.3) is 0 Å². The van der Waals surface area contributed by atoms with Crippen LogP contribution in [0.25, 0.3) is 11.1 Å². The molecule has 0 unspecified atom stereocenters. The van der Waals surface area contributed by atoms with Crippen LogP contribution in [-0.2, 0) is 6.54 Å². The van der Waals surface area contributed by atoms with Gasteiger partial charge in [-0.25, -0.2) is 9.97 Å². The first-order valence-electron chi connectivity index (χ1n) is 6.94. The Morgan fingerprint density at radius 1 is 1.00 bits per heavy atom. The number of rotatable bonds is 5. The van der Waals surface area contributed by atoms with Gasteiger partial charge in [0.2, 0.25) is 5.95 Å². The van der Waals surface area contributed by atoms with Crippen molar-refractivity contribution in [2.75, 3.05) is 5.32 Å². The van der Waals surface area contributed by atoms with Crippen LogP contribution in [0.15, 0.2) is 59.5 Å². The summed E-state index contributed by atoms with van der Waals surface area (Å²) in [6.45, 7) is 0.454. The maximum atomic E-state index is 12.1. The fraction of sp³-hybridized carbons (Fsp3) is 0.125. The molecular formula is C16H12F3N3O2. The number of nitrogens with zero attached hydrogens (tertiary/aromatic N) is 2. The van der Waals surface area contributed by atoms with E-state index in [2.05, 4.69) is 20.0 Å². The lowest BCUT2D eigenvalue weighted by Crippen LogP contribution is -2.16. The Bertz CT molecular complexity index is 770. The highest BCUT2D eigenvalue weighted by atomic mass is 19.4. The summed E-state index contributed by atoms with van der Waals surface area (Å²) in [5, 5.41) is 3.00. The molecule has 0 amide bonds. The fourth-order valence-corrected chi connectivity index (χ4v) is 2.00. The molecule has 0 aliphatic heterocycles. The second-order valence-corrected chi connectivity index (χ2v) is 4.80. The lowest BCUT2D eigenvalue weighted by molar-refractivity contribution is -0.274. The topological polar surface area (TPSA) is 60.2 Å². The van der Waals surface area contributed by atoms with Crippen molar-refractivity contribution >= 4 is 5.95 Å². The van der Waals surface area contributed by atoms with E-state index >= 15 is 0 Å². The zero-order valence-electron chi connectivity index (χ0n) is 12.2. The maximum Gasteiger partial charge on any atom is 0.573 e. The Hall–Kier alpha value is -3.03. The van der Waals surface area contributed by atoms with Crippen LogP contribution in [0.3, 0.4) is 0 Å². The van der Waals surface area contributed by atoms with Crippen molar-refractivity contribution < 1.29 is 22.3 Å². The normalized spacial score (nSPS) is 11.3. The molecule has 5 nitrogen and oxygen atoms in total. The molecule has 0 spiro atoms. The molecular weight excluding hydrogens is 323 g/mol. The molecule has 8 heteroatoms. The quantitative estimate of drug-likeness (QED) is 0.755. The zero-order chi connectivity index (χ0) is 17.0. The number of halogens is 3. The largest absolute Gasteiger partial charge is 0.573 e. The molecule has 0 saturated heterocycles. The van der Waals surface area contributed by atoms with E-state index in [0.29, 0.717) is 23.6 Å². The van der Waals surface area contributed by atoms with Crippen LogP contribution in [-0.4, -0.2) is 16.3 Å². The van der Waals surface area contributed by atoms with E-state index in [9.17, 15) is 13.2 Å². The van der Waals surface area contributed by atoms with Gasteiger partial charge in [0.05, 0.1) is 12.8 Å². The molecule has 1 aromatic carbocycles. The molecule has 3 aromatic rings. The van der Waals surface area contributed by atoms with E-state index in [1.54, 1.807) is 24.7 Å². The number of hydrogen-bond donors (Lipinski definition) is 1. The van der Waals surface area contributed by atoms with Crippen molar-refractivity contribution in [3.63, 3.8) is 0 Å². The molecule has 1 N–H and O–H groups in total. The van der Waals surface area contributed by atoms with Gasteiger partial charge >= 0.3 is 6.36 Å². The van der Waals surface area contributed by atoms with E-state index in [1.165, 1.54) is 24.3 Å². The highest BCUT2D eigenvalue weighted by molar-refractivity contribution is 5.62. The molecule has 3 rings (SSSR count). The van der Waals surface area contributed by atoms with Crippen LogP contribution in [0.4, 0.5) is 19.1 Å². The molecule has 2 heterocycles. The van der Waals surface area contributed by atoms with Gasteiger partial charge in [0.1, 0.15) is 11.5 Å². The Morgan fingerprint density at radius 2 is 1.71 bits per heavy atom. The van der Waals surface area contributed by atoms with Gasteiger partial charge in [0, 0.05) is 18.0 Å². The van der Waals surface area contributed by atoms with E-state index < -0.39 is 6.36 Å². The van der Waals surface area contributed by atoms with Gasteiger partial charge in [0.15, 0.2) is 0 Å². The number of alkyl halides is 3. The van der Waals surface area contributed by atoms with Crippen molar-refractivity contribution in [2.45, 2.75) is 12.9 Å². The monoisotopic (exact) mass is 335 g/mol. The van der Waals surface area contributed by atoms with Gasteiger partial charge in [-0.15, -0.1) is 13.2 Å². The van der Waals surface area contributed by atoms with E-state index in [1.807, 2.05) is 6.07 Å². The molecule has 0 fully saturated rings. The molecule has 24 heavy (non-hydrogen) atoms. The zero-order valence-corrected chi connectivity index (χ0v) is 12.2. The van der Waals surface area contributed by atoms with Gasteiger partial charge in [-0.3, -0.25) is 0 Å². The number of hydrogen-bond acceptors (Lipinski definition) is 5. The average molecular weight is 335 g/mol. The summed E-state index contributed by atoms with van der Waals surface area (Å²) in [5.74, 6) is 0.902. The summed E-state index contributed by atoms with van der Waals surface area (Å²) >= 11 is 0. The maximum absolute atomic E-state index is 12.1. The van der Waals surface area contributed by atoms with Gasteiger partial charge in [-0.05, 0) is 29.8 Å². The SMILES string of the molecule is FC(F)(F)Oc1ccc(-c2cnc(NCc3ccco3)nc2)cc1. The smallest absolute Gasteiger partial charge is 0.467 e. The van der Waals surface area contributed by atoms with Crippen molar-refractivity contribution in [3.8, 4) is 16.9 Å². The first-order chi connectivity index (χ1) is 11.5. The first-order valence-corrected chi connectivity index (χ1v) is 6.94. The lowest BCUT2D eigenvalue weighted by atomic mass is 10.1. The van der Waals surface area contributed by atoms with E-state index in [4.69, 9.17) is 4.42 Å². The van der Waals surface area contributed by atoms with Crippen molar-refractivity contribution in [3.05, 3.63) is 60.8 Å². The Kier molecular flexibility index (Phi) is 4.37. The minimum atomic E-state index is -4.70. The first kappa shape index (κ1) is 15.9. The lowest BCUT2D eigenvalue weighted by Gasteiger charge is -2.09. The molecule has 0 bridgehead atoms. The van der Waals surface area contributed by atoms with Gasteiger partial charge in [-0.1, -0.05) is 12.1 Å². The third-order valence-electron chi connectivity index (χ3n) is 3.07. The standard InChI is InChI=1S/C16H12F3N3O2/c17-16(18,19)24-13-5-3-11(4-6-13)12-8-20-15(21-9-12)22-10-14-2-1-7-23-14/h1-9H,10H2,(H,20,21,22). The van der Waals surface area contributed by atoms with Crippen LogP contribution in [0, 0.1) is 0 Å². The van der Waals surface area contributed by atoms with E-state index in [-0.39, 0.29) is 5.75 Å². The molecule has 0 atom stereocenters. The fourth-order valence-electron chi connectivity index (χ4n) is 2.00. The summed E-state index contributed by atoms with van der Waals surface area (Å²) in [5.41, 5.74) is 1.36. The highest BCUT2D eigenvalue weighted by Crippen LogP contribution is 2.26. The summed E-state index contributed by atoms with van der Waals surface area (Å²) in [4.78, 5) is 8.32. The molecule has 0 radical (unpaired) electrons. The van der Waals surface area contributed by atoms with Crippen molar-refractivity contribution in [1.82, 2.24) is 9.97 Å². The third kappa shape index (κ3) is 4.25. The second-order valence-electron chi connectivity index (χ2n) is 4.80. The molecule has 0 saturated carbocycles. The molecule has 0 aliphatic rings. The predicted molar refractivity (Wildman–Crippen MR) is 80.2 cm³/mol. The second kappa shape index (κ2) is 6.61. The van der Waals surface area contributed by atoms with Crippen LogP contribution in [0.1, 0.15) is 5.76 Å². The molecule has 0 aliphatic carbocycles. The number of ether oxygens (including phenoxy) is 1. The summed E-state index contributed by atoms with van der Waals surface area (Å²) in [7, 11) is 0.